The monoisotopic (exact) mass is 266 g/mol. The molecule has 1 nitrogen and oxygen atoms in total. The third-order valence-corrected chi connectivity index (χ3v) is 3.65. The van der Waals surface area contributed by atoms with Crippen LogP contribution in [0.4, 0.5) is 4.39 Å². The van der Waals surface area contributed by atoms with Crippen molar-refractivity contribution in [3.63, 3.8) is 0 Å². The molecule has 3 heteroatoms. The Labute approximate surface area is 113 Å². The quantitative estimate of drug-likeness (QED) is 0.824. The molecule has 0 saturated carbocycles. The zero-order valence-electron chi connectivity index (χ0n) is 10.9. The Balaban J connectivity index is 2.60. The molecule has 0 spiro atoms. The first-order valence-corrected chi connectivity index (χ1v) is 7.25. The van der Waals surface area contributed by atoms with E-state index in [0.717, 1.165) is 11.3 Å². The van der Waals surface area contributed by atoms with Gasteiger partial charge < -0.3 is 5.11 Å². The van der Waals surface area contributed by atoms with Crippen LogP contribution in [0.1, 0.15) is 31.4 Å². The minimum Gasteiger partial charge on any atom is -0.395 e. The molecule has 0 radical (unpaired) electrons. The molecule has 0 unspecified atom stereocenters. The minimum atomic E-state index is -0.193. The number of hydrogen-bond donors (Lipinski definition) is 1. The normalized spacial score (nSPS) is 10.3. The molecule has 0 atom stereocenters. The first kappa shape index (κ1) is 15.1. The van der Waals surface area contributed by atoms with Crippen LogP contribution in [0.25, 0.3) is 0 Å². The van der Waals surface area contributed by atoms with Crippen molar-refractivity contribution in [1.29, 1.82) is 0 Å². The molecule has 0 aliphatic heterocycles. The molecule has 0 fully saturated rings. The van der Waals surface area contributed by atoms with Gasteiger partial charge >= 0.3 is 0 Å². The summed E-state index contributed by atoms with van der Waals surface area (Å²) in [5.74, 6) is 7.79. The van der Waals surface area contributed by atoms with Crippen LogP contribution in [0.3, 0.4) is 0 Å². The molecule has 1 rings (SSSR count). The van der Waals surface area contributed by atoms with E-state index in [0.29, 0.717) is 23.7 Å². The number of rotatable bonds is 5. The van der Waals surface area contributed by atoms with Crippen molar-refractivity contribution in [3.8, 4) is 11.8 Å². The topological polar surface area (TPSA) is 20.2 Å². The van der Waals surface area contributed by atoms with E-state index in [4.69, 9.17) is 5.11 Å². The Bertz CT molecular complexity index is 432. The van der Waals surface area contributed by atoms with E-state index in [-0.39, 0.29) is 12.4 Å². The van der Waals surface area contributed by atoms with Gasteiger partial charge in [0.15, 0.2) is 0 Å². The molecular weight excluding hydrogens is 247 g/mol. The van der Waals surface area contributed by atoms with E-state index in [1.165, 1.54) is 6.07 Å². The summed E-state index contributed by atoms with van der Waals surface area (Å²) >= 11 is 1.75. The molecule has 0 bridgehead atoms. The van der Waals surface area contributed by atoms with Crippen LogP contribution in [0, 0.1) is 23.6 Å². The highest BCUT2D eigenvalue weighted by molar-refractivity contribution is 7.98. The molecular formula is C15H19FOS. The Morgan fingerprint density at radius 2 is 2.17 bits per heavy atom. The molecule has 18 heavy (non-hydrogen) atoms. The molecule has 1 aromatic carbocycles. The predicted octanol–water partition coefficient (Wildman–Crippen LogP) is 3.45. The molecule has 98 valence electrons. The smallest absolute Gasteiger partial charge is 0.128 e. The maximum atomic E-state index is 13.8. The Morgan fingerprint density at radius 1 is 1.39 bits per heavy atom. The van der Waals surface area contributed by atoms with Crippen molar-refractivity contribution in [1.82, 2.24) is 0 Å². The van der Waals surface area contributed by atoms with Crippen LogP contribution < -0.4 is 0 Å². The molecule has 0 saturated heterocycles. The SMILES string of the molecule is CC(C)CSCc1ccc(C#CCCO)cc1F. The van der Waals surface area contributed by atoms with E-state index in [2.05, 4.69) is 25.7 Å². The number of benzene rings is 1. The lowest BCUT2D eigenvalue weighted by molar-refractivity contribution is 0.305. The van der Waals surface area contributed by atoms with Gasteiger partial charge in [-0.05, 0) is 29.4 Å². The molecule has 0 heterocycles. The van der Waals surface area contributed by atoms with Crippen molar-refractivity contribution in [3.05, 3.63) is 35.1 Å². The lowest BCUT2D eigenvalue weighted by Crippen LogP contribution is -1.94. The molecule has 1 N–H and O–H groups in total. The second-order valence-electron chi connectivity index (χ2n) is 4.49. The summed E-state index contributed by atoms with van der Waals surface area (Å²) in [5.41, 5.74) is 1.40. The minimum absolute atomic E-state index is 0.0411. The van der Waals surface area contributed by atoms with Crippen molar-refractivity contribution in [2.45, 2.75) is 26.0 Å². The van der Waals surface area contributed by atoms with Gasteiger partial charge in [-0.15, -0.1) is 0 Å². The number of hydrogen-bond acceptors (Lipinski definition) is 2. The van der Waals surface area contributed by atoms with Crippen LogP contribution in [-0.2, 0) is 5.75 Å². The maximum absolute atomic E-state index is 13.8. The molecule has 0 amide bonds. The Kier molecular flexibility index (Phi) is 6.85. The number of halogens is 1. The highest BCUT2D eigenvalue weighted by atomic mass is 32.2. The van der Waals surface area contributed by atoms with Gasteiger partial charge in [0, 0.05) is 17.7 Å². The fourth-order valence-corrected chi connectivity index (χ4v) is 2.41. The second kappa shape index (κ2) is 8.18. The van der Waals surface area contributed by atoms with Gasteiger partial charge in [-0.25, -0.2) is 4.39 Å². The first-order chi connectivity index (χ1) is 8.63. The summed E-state index contributed by atoms with van der Waals surface area (Å²) in [4.78, 5) is 0. The highest BCUT2D eigenvalue weighted by Crippen LogP contribution is 2.18. The van der Waals surface area contributed by atoms with Gasteiger partial charge in [0.2, 0.25) is 0 Å². The van der Waals surface area contributed by atoms with Crippen molar-refractivity contribution in [2.24, 2.45) is 5.92 Å². The predicted molar refractivity (Wildman–Crippen MR) is 76.0 cm³/mol. The summed E-state index contributed by atoms with van der Waals surface area (Å²) in [6, 6.07) is 5.10. The van der Waals surface area contributed by atoms with E-state index in [9.17, 15) is 4.39 Å². The van der Waals surface area contributed by atoms with Gasteiger partial charge in [-0.1, -0.05) is 31.8 Å². The lowest BCUT2D eigenvalue weighted by Gasteiger charge is -2.06. The largest absolute Gasteiger partial charge is 0.395 e. The summed E-state index contributed by atoms with van der Waals surface area (Å²) in [5, 5.41) is 8.61. The first-order valence-electron chi connectivity index (χ1n) is 6.09. The van der Waals surface area contributed by atoms with E-state index < -0.39 is 0 Å². The van der Waals surface area contributed by atoms with Gasteiger partial charge in [-0.3, -0.25) is 0 Å². The van der Waals surface area contributed by atoms with E-state index in [1.807, 2.05) is 6.07 Å². The third-order valence-electron chi connectivity index (χ3n) is 2.23. The zero-order chi connectivity index (χ0) is 13.4. The summed E-state index contributed by atoms with van der Waals surface area (Å²) < 4.78 is 13.8. The van der Waals surface area contributed by atoms with Gasteiger partial charge in [-0.2, -0.15) is 11.8 Å². The average Bonchev–Trinajstić information content (AvgIpc) is 2.32. The summed E-state index contributed by atoms with van der Waals surface area (Å²) in [7, 11) is 0. The highest BCUT2D eigenvalue weighted by Gasteiger charge is 2.03. The van der Waals surface area contributed by atoms with Crippen molar-refractivity contribution < 1.29 is 9.50 Å². The molecule has 0 aliphatic rings. The molecule has 0 aromatic heterocycles. The molecule has 0 aliphatic carbocycles. The number of aliphatic hydroxyl groups excluding tert-OH is 1. The number of aliphatic hydroxyl groups is 1. The fraction of sp³-hybridized carbons (Fsp3) is 0.467. The average molecular weight is 266 g/mol. The van der Waals surface area contributed by atoms with Crippen LogP contribution in [-0.4, -0.2) is 17.5 Å². The van der Waals surface area contributed by atoms with Crippen molar-refractivity contribution in [2.75, 3.05) is 12.4 Å². The van der Waals surface area contributed by atoms with Crippen molar-refractivity contribution >= 4 is 11.8 Å². The zero-order valence-corrected chi connectivity index (χ0v) is 11.7. The van der Waals surface area contributed by atoms with Gasteiger partial charge in [0.05, 0.1) is 6.61 Å². The van der Waals surface area contributed by atoms with Crippen LogP contribution in [0.15, 0.2) is 18.2 Å². The fourth-order valence-electron chi connectivity index (χ4n) is 1.37. The standard InChI is InChI=1S/C15H19FOS/c1-12(2)10-18-11-14-7-6-13(9-15(14)16)5-3-4-8-17/h6-7,9,12,17H,4,8,10-11H2,1-2H3. The van der Waals surface area contributed by atoms with Crippen LogP contribution in [0.2, 0.25) is 0 Å². The maximum Gasteiger partial charge on any atom is 0.128 e. The summed E-state index contributed by atoms with van der Waals surface area (Å²) in [6.45, 7) is 4.35. The van der Waals surface area contributed by atoms with Crippen LogP contribution >= 0.6 is 11.8 Å². The van der Waals surface area contributed by atoms with Crippen LogP contribution in [0.5, 0.6) is 0 Å². The van der Waals surface area contributed by atoms with E-state index in [1.54, 1.807) is 17.8 Å². The Morgan fingerprint density at radius 3 is 2.78 bits per heavy atom. The summed E-state index contributed by atoms with van der Waals surface area (Å²) in [6.07, 6.45) is 0.424. The second-order valence-corrected chi connectivity index (χ2v) is 5.52. The number of thioether (sulfide) groups is 1. The molecule has 1 aromatic rings. The van der Waals surface area contributed by atoms with E-state index >= 15 is 0 Å². The lowest BCUT2D eigenvalue weighted by atomic mass is 10.1. The Hall–Kier alpha value is -0.980. The van der Waals surface area contributed by atoms with Gasteiger partial charge in [0.25, 0.3) is 0 Å². The third kappa shape index (κ3) is 5.57. The van der Waals surface area contributed by atoms with Gasteiger partial charge in [0.1, 0.15) is 5.82 Å².